The van der Waals surface area contributed by atoms with Crippen molar-refractivity contribution in [3.8, 4) is 5.75 Å². The van der Waals surface area contributed by atoms with E-state index in [1.807, 2.05) is 61.5 Å². The summed E-state index contributed by atoms with van der Waals surface area (Å²) in [6, 6.07) is 18.8. The summed E-state index contributed by atoms with van der Waals surface area (Å²) in [5.74, 6) is -0.206. The maximum absolute atomic E-state index is 13.1. The van der Waals surface area contributed by atoms with E-state index in [2.05, 4.69) is 15.7 Å². The van der Waals surface area contributed by atoms with Crippen LogP contribution in [0, 0.1) is 0 Å². The maximum Gasteiger partial charge on any atom is 0.272 e. The number of fused-ring (bicyclic) bond motifs is 1. The predicted octanol–water partition coefficient (Wildman–Crippen LogP) is 2.41. The van der Waals surface area contributed by atoms with E-state index in [9.17, 15) is 14.4 Å². The zero-order chi connectivity index (χ0) is 25.7. The minimum absolute atomic E-state index is 0.144. The molecule has 0 bridgehead atoms. The van der Waals surface area contributed by atoms with Crippen molar-refractivity contribution in [1.82, 2.24) is 25.3 Å². The molecule has 3 amide bonds. The number of nitrogens with one attached hydrogen (secondary N) is 2. The maximum atomic E-state index is 13.1. The molecule has 2 N–H and O–H groups in total. The number of benzene rings is 2. The van der Waals surface area contributed by atoms with Gasteiger partial charge in [-0.1, -0.05) is 42.5 Å². The van der Waals surface area contributed by atoms with Gasteiger partial charge in [0.25, 0.3) is 11.8 Å². The van der Waals surface area contributed by atoms with Crippen LogP contribution >= 0.6 is 0 Å². The highest BCUT2D eigenvalue weighted by atomic mass is 16.5. The molecule has 3 aromatic rings. The molecule has 2 heterocycles. The van der Waals surface area contributed by atoms with Crippen molar-refractivity contribution >= 4 is 17.7 Å². The Morgan fingerprint density at radius 3 is 2.47 bits per heavy atom. The fourth-order valence-electron chi connectivity index (χ4n) is 4.14. The van der Waals surface area contributed by atoms with Crippen molar-refractivity contribution in [3.63, 3.8) is 0 Å². The molecule has 36 heavy (non-hydrogen) atoms. The number of likely N-dealkylation sites (N-methyl/N-ethyl adjacent to an activating group) is 1. The molecule has 1 aliphatic heterocycles. The summed E-state index contributed by atoms with van der Waals surface area (Å²) < 4.78 is 6.89. The number of hydrogen-bond donors (Lipinski definition) is 2. The molecule has 0 spiro atoms. The van der Waals surface area contributed by atoms with E-state index in [0.717, 1.165) is 16.9 Å². The Morgan fingerprint density at radius 2 is 1.78 bits per heavy atom. The fourth-order valence-corrected chi connectivity index (χ4v) is 4.14. The highest BCUT2D eigenvalue weighted by molar-refractivity contribution is 6.01. The van der Waals surface area contributed by atoms with Gasteiger partial charge in [0, 0.05) is 26.2 Å². The zero-order valence-corrected chi connectivity index (χ0v) is 20.8. The lowest BCUT2D eigenvalue weighted by molar-refractivity contribution is -0.132. The average molecular weight is 490 g/mol. The topological polar surface area (TPSA) is 106 Å². The predicted molar refractivity (Wildman–Crippen MR) is 135 cm³/mol. The van der Waals surface area contributed by atoms with Gasteiger partial charge in [-0.15, -0.1) is 0 Å². The fraction of sp³-hybridized carbons (Fsp3) is 0.333. The number of aromatic nitrogens is 2. The molecule has 0 radical (unpaired) electrons. The van der Waals surface area contributed by atoms with Crippen molar-refractivity contribution in [2.24, 2.45) is 0 Å². The molecule has 9 nitrogen and oxygen atoms in total. The van der Waals surface area contributed by atoms with Gasteiger partial charge in [-0.3, -0.25) is 19.1 Å². The van der Waals surface area contributed by atoms with Crippen LogP contribution in [0.4, 0.5) is 0 Å². The second kappa shape index (κ2) is 10.6. The first kappa shape index (κ1) is 25.0. The zero-order valence-electron chi connectivity index (χ0n) is 20.8. The normalized spacial score (nSPS) is 16.9. The monoisotopic (exact) mass is 489 g/mol. The Bertz CT molecular complexity index is 1240. The average Bonchev–Trinajstić information content (AvgIpc) is 3.31. The van der Waals surface area contributed by atoms with E-state index >= 15 is 0 Å². The second-order valence-electron chi connectivity index (χ2n) is 8.96. The summed E-state index contributed by atoms with van der Waals surface area (Å²) in [6.45, 7) is 5.16. The Hall–Kier alpha value is -4.14. The van der Waals surface area contributed by atoms with Gasteiger partial charge in [-0.05, 0) is 43.5 Å². The van der Waals surface area contributed by atoms with E-state index < -0.39 is 5.54 Å². The van der Waals surface area contributed by atoms with Gasteiger partial charge in [0.05, 0.1) is 13.2 Å². The number of ether oxygens (including phenoxy) is 1. The lowest BCUT2D eigenvalue weighted by Crippen LogP contribution is -2.62. The lowest BCUT2D eigenvalue weighted by Gasteiger charge is -2.40. The van der Waals surface area contributed by atoms with E-state index in [4.69, 9.17) is 4.74 Å². The Labute approximate surface area is 210 Å². The standard InChI is InChI=1S/C27H31N5O4/c1-4-36-21-12-10-19(11-13-21)14-15-28-24(33)22-16-23-25(34)31(3)27(2,18-32(23)30-22)26(35)29-17-20-8-6-5-7-9-20/h5-13,16H,4,14-15,17-18H2,1-3H3,(H,28,33)(H,29,35). The first-order valence-corrected chi connectivity index (χ1v) is 12.0. The summed E-state index contributed by atoms with van der Waals surface area (Å²) >= 11 is 0. The van der Waals surface area contributed by atoms with E-state index in [-0.39, 0.29) is 35.7 Å². The van der Waals surface area contributed by atoms with Crippen LogP contribution < -0.4 is 15.4 Å². The molecule has 2 aromatic carbocycles. The molecule has 9 heteroatoms. The van der Waals surface area contributed by atoms with Crippen molar-refractivity contribution < 1.29 is 19.1 Å². The van der Waals surface area contributed by atoms with E-state index in [1.54, 1.807) is 14.0 Å². The molecule has 1 aliphatic rings. The van der Waals surface area contributed by atoms with Crippen LogP contribution in [0.1, 0.15) is 46.0 Å². The van der Waals surface area contributed by atoms with Gasteiger partial charge in [0.15, 0.2) is 5.69 Å². The first-order valence-electron chi connectivity index (χ1n) is 12.0. The van der Waals surface area contributed by atoms with Gasteiger partial charge >= 0.3 is 0 Å². The molecule has 0 aliphatic carbocycles. The molecule has 1 unspecified atom stereocenters. The molecule has 0 saturated carbocycles. The highest BCUT2D eigenvalue weighted by Crippen LogP contribution is 2.26. The number of hydrogen-bond acceptors (Lipinski definition) is 5. The van der Waals surface area contributed by atoms with E-state index in [0.29, 0.717) is 26.1 Å². The van der Waals surface area contributed by atoms with Crippen molar-refractivity contribution in [3.05, 3.63) is 83.2 Å². The highest BCUT2D eigenvalue weighted by Gasteiger charge is 2.46. The molecule has 188 valence electrons. The minimum atomic E-state index is -1.15. The summed E-state index contributed by atoms with van der Waals surface area (Å²) in [5, 5.41) is 10.1. The molecule has 4 rings (SSSR count). The van der Waals surface area contributed by atoms with Crippen LogP contribution in [0.15, 0.2) is 60.7 Å². The van der Waals surface area contributed by atoms with Gasteiger partial charge in [-0.25, -0.2) is 0 Å². The Kier molecular flexibility index (Phi) is 7.38. The van der Waals surface area contributed by atoms with Gasteiger partial charge in [0.1, 0.15) is 17.0 Å². The van der Waals surface area contributed by atoms with E-state index in [1.165, 1.54) is 15.6 Å². The van der Waals surface area contributed by atoms with Crippen molar-refractivity contribution in [2.45, 2.75) is 38.9 Å². The van der Waals surface area contributed by atoms with Crippen LogP contribution in [0.2, 0.25) is 0 Å². The molecular formula is C27H31N5O4. The van der Waals surface area contributed by atoms with Gasteiger partial charge < -0.3 is 20.3 Å². The quantitative estimate of drug-likeness (QED) is 0.480. The summed E-state index contributed by atoms with van der Waals surface area (Å²) in [4.78, 5) is 40.3. The molecule has 1 atom stereocenters. The third-order valence-corrected chi connectivity index (χ3v) is 6.45. The number of nitrogens with zero attached hydrogens (tertiary/aromatic N) is 3. The van der Waals surface area contributed by atoms with Crippen LogP contribution in [-0.2, 0) is 24.3 Å². The SMILES string of the molecule is CCOc1ccc(CCNC(=O)c2cc3n(n2)CC(C)(C(=O)NCc2ccccc2)N(C)C3=O)cc1. The van der Waals surface area contributed by atoms with Crippen molar-refractivity contribution in [2.75, 3.05) is 20.2 Å². The van der Waals surface area contributed by atoms with Crippen LogP contribution in [0.5, 0.6) is 5.75 Å². The third kappa shape index (κ3) is 5.25. The second-order valence-corrected chi connectivity index (χ2v) is 8.96. The Morgan fingerprint density at radius 1 is 1.06 bits per heavy atom. The van der Waals surface area contributed by atoms with Crippen LogP contribution in [0.25, 0.3) is 0 Å². The minimum Gasteiger partial charge on any atom is -0.494 e. The summed E-state index contributed by atoms with van der Waals surface area (Å²) in [5.41, 5.74) is 1.31. The number of amides is 3. The number of rotatable bonds is 9. The number of carbonyl (C=O) groups is 3. The summed E-state index contributed by atoms with van der Waals surface area (Å²) in [7, 11) is 1.59. The summed E-state index contributed by atoms with van der Waals surface area (Å²) in [6.07, 6.45) is 0.646. The smallest absolute Gasteiger partial charge is 0.272 e. The van der Waals surface area contributed by atoms with Crippen molar-refractivity contribution in [1.29, 1.82) is 0 Å². The van der Waals surface area contributed by atoms with Gasteiger partial charge in [-0.2, -0.15) is 5.10 Å². The molecule has 1 aromatic heterocycles. The largest absolute Gasteiger partial charge is 0.494 e. The van der Waals surface area contributed by atoms with Crippen LogP contribution in [-0.4, -0.2) is 58.1 Å². The molecular weight excluding hydrogens is 458 g/mol. The van der Waals surface area contributed by atoms with Crippen LogP contribution in [0.3, 0.4) is 0 Å². The molecule has 0 fully saturated rings. The first-order chi connectivity index (χ1) is 17.3. The van der Waals surface area contributed by atoms with Gasteiger partial charge in [0.2, 0.25) is 5.91 Å². The molecule has 0 saturated heterocycles. The number of carbonyl (C=O) groups excluding carboxylic acids is 3. The Balaban J connectivity index is 1.38. The third-order valence-electron chi connectivity index (χ3n) is 6.45. The lowest BCUT2D eigenvalue weighted by atomic mass is 9.96.